The predicted octanol–water partition coefficient (Wildman–Crippen LogP) is 2.41. The van der Waals surface area contributed by atoms with Crippen molar-refractivity contribution in [3.8, 4) is 5.75 Å². The van der Waals surface area contributed by atoms with Crippen LogP contribution in [0.5, 0.6) is 5.75 Å². The Labute approximate surface area is 112 Å². The van der Waals surface area contributed by atoms with Crippen LogP contribution in [-0.4, -0.2) is 24.1 Å². The first-order valence-electron chi connectivity index (χ1n) is 6.17. The van der Waals surface area contributed by atoms with Gasteiger partial charge >= 0.3 is 0 Å². The summed E-state index contributed by atoms with van der Waals surface area (Å²) in [6.07, 6.45) is 1.93. The fourth-order valence-electron chi connectivity index (χ4n) is 2.37. The van der Waals surface area contributed by atoms with Crippen LogP contribution in [0, 0.1) is 5.92 Å². The Balaban J connectivity index is 2.25. The monoisotopic (exact) mass is 268 g/mol. The molecule has 4 heteroatoms. The first-order valence-corrected chi connectivity index (χ1v) is 6.55. The molecule has 0 saturated heterocycles. The van der Waals surface area contributed by atoms with Crippen molar-refractivity contribution in [1.29, 1.82) is 0 Å². The van der Waals surface area contributed by atoms with Gasteiger partial charge in [-0.1, -0.05) is 11.6 Å². The molecule has 0 amide bonds. The van der Waals surface area contributed by atoms with Crippen molar-refractivity contribution in [2.24, 2.45) is 5.92 Å². The molecule has 1 N–H and O–H groups in total. The number of ether oxygens (including phenoxy) is 1. The Bertz CT molecular complexity index is 457. The molecule has 0 spiro atoms. The van der Waals surface area contributed by atoms with Crippen LogP contribution in [0.3, 0.4) is 0 Å². The lowest BCUT2D eigenvalue weighted by atomic mass is 9.92. The van der Waals surface area contributed by atoms with Gasteiger partial charge in [0.05, 0.1) is 6.61 Å². The third-order valence-electron chi connectivity index (χ3n) is 3.34. The normalized spacial score (nSPS) is 15.1. The highest BCUT2D eigenvalue weighted by molar-refractivity contribution is 6.30. The summed E-state index contributed by atoms with van der Waals surface area (Å²) < 4.78 is 5.61. The highest BCUT2D eigenvalue weighted by Crippen LogP contribution is 2.34. The molecule has 1 aromatic rings. The van der Waals surface area contributed by atoms with E-state index >= 15 is 0 Å². The third kappa shape index (κ3) is 2.85. The standard InChI is InChI=1S/C14H17ClO3/c1-9(17)10(2-4-16)6-12-8-13(15)7-11-3-5-18-14(11)12/h7-8,10,16H,2-6H2,1H3. The summed E-state index contributed by atoms with van der Waals surface area (Å²) in [4.78, 5) is 11.5. The molecule has 18 heavy (non-hydrogen) atoms. The first-order chi connectivity index (χ1) is 8.61. The second-order valence-electron chi connectivity index (χ2n) is 4.68. The van der Waals surface area contributed by atoms with Crippen molar-refractivity contribution < 1.29 is 14.6 Å². The van der Waals surface area contributed by atoms with Gasteiger partial charge in [0.15, 0.2) is 0 Å². The zero-order valence-corrected chi connectivity index (χ0v) is 11.2. The van der Waals surface area contributed by atoms with E-state index in [9.17, 15) is 4.79 Å². The van der Waals surface area contributed by atoms with Crippen LogP contribution in [0.1, 0.15) is 24.5 Å². The Kier molecular flexibility index (Phi) is 4.25. The van der Waals surface area contributed by atoms with Crippen LogP contribution < -0.4 is 4.74 Å². The molecule has 2 rings (SSSR count). The minimum Gasteiger partial charge on any atom is -0.493 e. The molecule has 0 aromatic heterocycles. The second-order valence-corrected chi connectivity index (χ2v) is 5.11. The number of aliphatic hydroxyl groups is 1. The molecular formula is C14H17ClO3. The maximum absolute atomic E-state index is 11.5. The van der Waals surface area contributed by atoms with Crippen LogP contribution in [0.2, 0.25) is 5.02 Å². The SMILES string of the molecule is CC(=O)C(CCO)Cc1cc(Cl)cc2c1OCC2. The molecule has 0 bridgehead atoms. The molecule has 1 aromatic carbocycles. The molecule has 1 unspecified atom stereocenters. The first kappa shape index (κ1) is 13.4. The number of halogens is 1. The van der Waals surface area contributed by atoms with Crippen molar-refractivity contribution >= 4 is 17.4 Å². The summed E-state index contributed by atoms with van der Waals surface area (Å²) in [7, 11) is 0. The van der Waals surface area contributed by atoms with E-state index in [2.05, 4.69) is 0 Å². The van der Waals surface area contributed by atoms with Gasteiger partial charge in [0, 0.05) is 24.0 Å². The van der Waals surface area contributed by atoms with Gasteiger partial charge in [0.2, 0.25) is 0 Å². The van der Waals surface area contributed by atoms with Crippen LogP contribution >= 0.6 is 11.6 Å². The largest absolute Gasteiger partial charge is 0.493 e. The van der Waals surface area contributed by atoms with Crippen molar-refractivity contribution in [2.45, 2.75) is 26.2 Å². The number of aliphatic hydroxyl groups excluding tert-OH is 1. The van der Waals surface area contributed by atoms with E-state index in [0.717, 1.165) is 23.3 Å². The van der Waals surface area contributed by atoms with Crippen LogP contribution in [-0.2, 0) is 17.6 Å². The van der Waals surface area contributed by atoms with E-state index in [1.54, 1.807) is 6.92 Å². The lowest BCUT2D eigenvalue weighted by Crippen LogP contribution is -2.16. The van der Waals surface area contributed by atoms with Gasteiger partial charge in [-0.25, -0.2) is 0 Å². The molecule has 0 fully saturated rings. The lowest BCUT2D eigenvalue weighted by Gasteiger charge is -2.15. The fourth-order valence-corrected chi connectivity index (χ4v) is 2.63. The van der Waals surface area contributed by atoms with Gasteiger partial charge in [-0.3, -0.25) is 4.79 Å². The van der Waals surface area contributed by atoms with Gasteiger partial charge < -0.3 is 9.84 Å². The topological polar surface area (TPSA) is 46.5 Å². The number of carbonyl (C=O) groups is 1. The minimum absolute atomic E-state index is 0.0217. The fraction of sp³-hybridized carbons (Fsp3) is 0.500. The molecule has 98 valence electrons. The number of rotatable bonds is 5. The van der Waals surface area contributed by atoms with Gasteiger partial charge in [-0.2, -0.15) is 0 Å². The quantitative estimate of drug-likeness (QED) is 0.892. The van der Waals surface area contributed by atoms with Crippen molar-refractivity contribution in [2.75, 3.05) is 13.2 Å². The summed E-state index contributed by atoms with van der Waals surface area (Å²) in [5.74, 6) is 0.807. The van der Waals surface area contributed by atoms with Gasteiger partial charge in [0.25, 0.3) is 0 Å². The Morgan fingerprint density at radius 1 is 1.56 bits per heavy atom. The third-order valence-corrected chi connectivity index (χ3v) is 3.56. The molecular weight excluding hydrogens is 252 g/mol. The summed E-state index contributed by atoms with van der Waals surface area (Å²) in [6.45, 7) is 2.26. The molecule has 1 aliphatic heterocycles. The predicted molar refractivity (Wildman–Crippen MR) is 70.2 cm³/mol. The maximum Gasteiger partial charge on any atom is 0.133 e. The van der Waals surface area contributed by atoms with E-state index in [0.29, 0.717) is 24.5 Å². The summed E-state index contributed by atoms with van der Waals surface area (Å²) in [5, 5.41) is 9.68. The van der Waals surface area contributed by atoms with E-state index < -0.39 is 0 Å². The molecule has 0 saturated carbocycles. The number of benzene rings is 1. The van der Waals surface area contributed by atoms with E-state index in [1.165, 1.54) is 0 Å². The molecule has 0 aliphatic carbocycles. The minimum atomic E-state index is -0.165. The van der Waals surface area contributed by atoms with Crippen LogP contribution in [0.25, 0.3) is 0 Å². The Morgan fingerprint density at radius 2 is 2.33 bits per heavy atom. The second kappa shape index (κ2) is 5.72. The molecule has 1 heterocycles. The van der Waals surface area contributed by atoms with E-state index in [1.807, 2.05) is 12.1 Å². The number of hydrogen-bond donors (Lipinski definition) is 1. The summed E-state index contributed by atoms with van der Waals surface area (Å²) in [6, 6.07) is 3.78. The number of carbonyl (C=O) groups excluding carboxylic acids is 1. The Morgan fingerprint density at radius 3 is 3.00 bits per heavy atom. The maximum atomic E-state index is 11.5. The van der Waals surface area contributed by atoms with E-state index in [-0.39, 0.29) is 18.3 Å². The molecule has 3 nitrogen and oxygen atoms in total. The van der Waals surface area contributed by atoms with Crippen LogP contribution in [0.4, 0.5) is 0 Å². The van der Waals surface area contributed by atoms with Gasteiger partial charge in [0.1, 0.15) is 11.5 Å². The van der Waals surface area contributed by atoms with Gasteiger partial charge in [-0.05, 0) is 43.0 Å². The van der Waals surface area contributed by atoms with Crippen LogP contribution in [0.15, 0.2) is 12.1 Å². The summed E-state index contributed by atoms with van der Waals surface area (Å²) in [5.41, 5.74) is 2.09. The Hall–Kier alpha value is -1.06. The van der Waals surface area contributed by atoms with E-state index in [4.69, 9.17) is 21.4 Å². The highest BCUT2D eigenvalue weighted by Gasteiger charge is 2.22. The smallest absolute Gasteiger partial charge is 0.133 e. The van der Waals surface area contributed by atoms with Crippen molar-refractivity contribution in [1.82, 2.24) is 0 Å². The zero-order valence-electron chi connectivity index (χ0n) is 10.4. The number of hydrogen-bond acceptors (Lipinski definition) is 3. The van der Waals surface area contributed by atoms with Gasteiger partial charge in [-0.15, -0.1) is 0 Å². The molecule has 0 radical (unpaired) electrons. The summed E-state index contributed by atoms with van der Waals surface area (Å²) >= 11 is 6.08. The average molecular weight is 269 g/mol. The zero-order chi connectivity index (χ0) is 13.1. The number of Topliss-reactive ketones (excluding diaryl/α,β-unsaturated/α-hetero) is 1. The molecule has 1 aliphatic rings. The molecule has 1 atom stereocenters. The number of ketones is 1. The average Bonchev–Trinajstić information content (AvgIpc) is 2.76. The lowest BCUT2D eigenvalue weighted by molar-refractivity contribution is -0.121. The number of fused-ring (bicyclic) bond motifs is 1. The highest BCUT2D eigenvalue weighted by atomic mass is 35.5. The van der Waals surface area contributed by atoms with Crippen molar-refractivity contribution in [3.05, 3.63) is 28.3 Å². The van der Waals surface area contributed by atoms with Crippen molar-refractivity contribution in [3.63, 3.8) is 0 Å².